The predicted octanol–water partition coefficient (Wildman–Crippen LogP) is 6.77. The van der Waals surface area contributed by atoms with Crippen molar-refractivity contribution < 1.29 is 4.79 Å². The first-order valence-corrected chi connectivity index (χ1v) is 13.7. The van der Waals surface area contributed by atoms with E-state index >= 15 is 0 Å². The predicted molar refractivity (Wildman–Crippen MR) is 153 cm³/mol. The number of carbonyl (C=O) groups is 1. The first kappa shape index (κ1) is 23.2. The quantitative estimate of drug-likeness (QED) is 0.280. The third-order valence-electron chi connectivity index (χ3n) is 8.79. The van der Waals surface area contributed by atoms with Crippen LogP contribution in [0.3, 0.4) is 0 Å². The number of nitrogens with one attached hydrogen (secondary N) is 2. The van der Waals surface area contributed by atoms with E-state index in [1.807, 2.05) is 12.1 Å². The Morgan fingerprint density at radius 3 is 2.55 bits per heavy atom. The van der Waals surface area contributed by atoms with Crippen molar-refractivity contribution in [3.05, 3.63) is 108 Å². The van der Waals surface area contributed by atoms with Gasteiger partial charge in [-0.1, -0.05) is 48.5 Å². The minimum Gasteiger partial charge on any atom is -0.355 e. The van der Waals surface area contributed by atoms with Gasteiger partial charge in [0.1, 0.15) is 0 Å². The SMILES string of the molecule is O=C(CC1CC2(CCN(Cc3ccc4[nH]c5ccccc5c4c3)CC2)c2ccccc21)Nc1ccncc1. The molecule has 1 atom stereocenters. The summed E-state index contributed by atoms with van der Waals surface area (Å²) in [6.45, 7) is 3.14. The summed E-state index contributed by atoms with van der Waals surface area (Å²) in [4.78, 5) is 23.1. The summed E-state index contributed by atoms with van der Waals surface area (Å²) in [5, 5.41) is 5.66. The number of H-pyrrole nitrogens is 1. The number of benzene rings is 3. The van der Waals surface area contributed by atoms with E-state index in [1.54, 1.807) is 12.4 Å². The Morgan fingerprint density at radius 1 is 0.921 bits per heavy atom. The molecule has 7 rings (SSSR count). The van der Waals surface area contributed by atoms with Crippen molar-refractivity contribution in [2.75, 3.05) is 18.4 Å². The topological polar surface area (TPSA) is 61.0 Å². The molecule has 1 unspecified atom stereocenters. The number of piperidine rings is 1. The average molecular weight is 501 g/mol. The smallest absolute Gasteiger partial charge is 0.224 e. The third-order valence-corrected chi connectivity index (χ3v) is 8.79. The molecule has 2 N–H and O–H groups in total. The van der Waals surface area contributed by atoms with Crippen LogP contribution < -0.4 is 5.32 Å². The van der Waals surface area contributed by atoms with E-state index in [0.717, 1.165) is 44.6 Å². The lowest BCUT2D eigenvalue weighted by atomic mass is 9.73. The van der Waals surface area contributed by atoms with Crippen LogP contribution in [0.5, 0.6) is 0 Å². The molecule has 0 bridgehead atoms. The Morgan fingerprint density at radius 2 is 1.68 bits per heavy atom. The fourth-order valence-corrected chi connectivity index (χ4v) is 6.95. The zero-order valence-electron chi connectivity index (χ0n) is 21.5. The zero-order valence-corrected chi connectivity index (χ0v) is 21.5. The molecule has 5 heteroatoms. The summed E-state index contributed by atoms with van der Waals surface area (Å²) in [7, 11) is 0. The van der Waals surface area contributed by atoms with Crippen LogP contribution in [-0.4, -0.2) is 33.9 Å². The highest BCUT2D eigenvalue weighted by Crippen LogP contribution is 2.52. The second kappa shape index (κ2) is 9.41. The Labute approximate surface area is 222 Å². The number of hydrogen-bond donors (Lipinski definition) is 2. The lowest BCUT2D eigenvalue weighted by Gasteiger charge is -2.40. The van der Waals surface area contributed by atoms with Gasteiger partial charge in [0.05, 0.1) is 0 Å². The number of anilines is 1. The van der Waals surface area contributed by atoms with Gasteiger partial charge < -0.3 is 10.3 Å². The summed E-state index contributed by atoms with van der Waals surface area (Å²) >= 11 is 0. The number of aromatic nitrogens is 2. The van der Waals surface area contributed by atoms with Crippen molar-refractivity contribution in [1.29, 1.82) is 0 Å². The highest BCUT2D eigenvalue weighted by atomic mass is 16.1. The first-order chi connectivity index (χ1) is 18.7. The molecule has 1 aliphatic heterocycles. The molecule has 3 aromatic carbocycles. The van der Waals surface area contributed by atoms with Crippen LogP contribution in [0.2, 0.25) is 0 Å². The molecule has 2 aliphatic rings. The van der Waals surface area contributed by atoms with Crippen molar-refractivity contribution >= 4 is 33.4 Å². The molecule has 38 heavy (non-hydrogen) atoms. The normalized spacial score (nSPS) is 18.7. The van der Waals surface area contributed by atoms with Crippen LogP contribution in [0, 0.1) is 0 Å². The molecule has 1 saturated heterocycles. The number of likely N-dealkylation sites (tertiary alicyclic amines) is 1. The molecule has 1 aliphatic carbocycles. The molecule has 5 nitrogen and oxygen atoms in total. The van der Waals surface area contributed by atoms with Gasteiger partial charge in [-0.15, -0.1) is 0 Å². The second-order valence-corrected chi connectivity index (χ2v) is 11.1. The Hall–Kier alpha value is -3.96. The summed E-state index contributed by atoms with van der Waals surface area (Å²) in [6.07, 6.45) is 7.29. The summed E-state index contributed by atoms with van der Waals surface area (Å²) in [5.41, 5.74) is 7.60. The molecular weight excluding hydrogens is 468 g/mol. The van der Waals surface area contributed by atoms with Crippen molar-refractivity contribution in [3.8, 4) is 0 Å². The largest absolute Gasteiger partial charge is 0.355 e. The van der Waals surface area contributed by atoms with E-state index in [9.17, 15) is 4.79 Å². The number of rotatable bonds is 5. The van der Waals surface area contributed by atoms with Gasteiger partial charge in [-0.2, -0.15) is 0 Å². The van der Waals surface area contributed by atoms with Gasteiger partial charge in [-0.05, 0) is 90.7 Å². The Kier molecular flexibility index (Phi) is 5.74. The van der Waals surface area contributed by atoms with Crippen LogP contribution in [0.4, 0.5) is 5.69 Å². The summed E-state index contributed by atoms with van der Waals surface area (Å²) < 4.78 is 0. The van der Waals surface area contributed by atoms with Crippen molar-refractivity contribution in [3.63, 3.8) is 0 Å². The summed E-state index contributed by atoms with van der Waals surface area (Å²) in [5.74, 6) is 0.349. The lowest BCUT2D eigenvalue weighted by molar-refractivity contribution is -0.116. The molecule has 5 aromatic rings. The number of pyridine rings is 1. The van der Waals surface area contributed by atoms with E-state index in [1.165, 1.54) is 38.5 Å². The highest BCUT2D eigenvalue weighted by Gasteiger charge is 2.45. The molecule has 0 saturated carbocycles. The van der Waals surface area contributed by atoms with Crippen LogP contribution in [0.25, 0.3) is 21.8 Å². The minimum absolute atomic E-state index is 0.0816. The number of nitrogens with zero attached hydrogens (tertiary/aromatic N) is 2. The van der Waals surface area contributed by atoms with Gasteiger partial charge in [-0.3, -0.25) is 14.7 Å². The molecule has 190 valence electrons. The van der Waals surface area contributed by atoms with Gasteiger partial charge in [0.25, 0.3) is 0 Å². The van der Waals surface area contributed by atoms with E-state index in [4.69, 9.17) is 0 Å². The van der Waals surface area contributed by atoms with E-state index in [0.29, 0.717) is 6.42 Å². The number of fused-ring (bicyclic) bond motifs is 5. The molecular formula is C33H32N4O. The fourth-order valence-electron chi connectivity index (χ4n) is 6.95. The van der Waals surface area contributed by atoms with E-state index < -0.39 is 0 Å². The average Bonchev–Trinajstić information content (AvgIpc) is 3.46. The number of amides is 1. The standard InChI is InChI=1S/C33H32N4O/c38-32(35-25-11-15-34-16-12-25)20-24-21-33(29-7-3-1-5-26(24)29)13-17-37(18-14-33)22-23-9-10-31-28(19-23)27-6-2-4-8-30(27)36-31/h1-12,15-16,19,24,36H,13-14,17-18,20-22H2,(H,34,35,38). The second-order valence-electron chi connectivity index (χ2n) is 11.1. The maximum atomic E-state index is 12.9. The highest BCUT2D eigenvalue weighted by molar-refractivity contribution is 6.07. The molecule has 1 amide bonds. The van der Waals surface area contributed by atoms with Gasteiger partial charge >= 0.3 is 0 Å². The molecule has 2 aromatic heterocycles. The number of aromatic amines is 1. The van der Waals surface area contributed by atoms with Crippen molar-refractivity contribution in [2.24, 2.45) is 0 Å². The van der Waals surface area contributed by atoms with E-state index in [-0.39, 0.29) is 17.2 Å². The number of para-hydroxylation sites is 1. The maximum absolute atomic E-state index is 12.9. The fraction of sp³-hybridized carbons (Fsp3) is 0.273. The van der Waals surface area contributed by atoms with Crippen LogP contribution >= 0.6 is 0 Å². The van der Waals surface area contributed by atoms with Crippen LogP contribution in [0.1, 0.15) is 48.3 Å². The molecule has 0 radical (unpaired) electrons. The molecule has 1 fully saturated rings. The van der Waals surface area contributed by atoms with Crippen LogP contribution in [-0.2, 0) is 16.8 Å². The van der Waals surface area contributed by atoms with Crippen molar-refractivity contribution in [1.82, 2.24) is 14.9 Å². The first-order valence-electron chi connectivity index (χ1n) is 13.7. The zero-order chi connectivity index (χ0) is 25.5. The van der Waals surface area contributed by atoms with Crippen LogP contribution in [0.15, 0.2) is 91.3 Å². The monoisotopic (exact) mass is 500 g/mol. The van der Waals surface area contributed by atoms with E-state index in [2.05, 4.69) is 86.9 Å². The lowest BCUT2D eigenvalue weighted by Crippen LogP contribution is -2.41. The van der Waals surface area contributed by atoms with Gasteiger partial charge in [0, 0.05) is 52.9 Å². The molecule has 3 heterocycles. The number of hydrogen-bond acceptors (Lipinski definition) is 3. The Bertz CT molecular complexity index is 1610. The third kappa shape index (κ3) is 4.17. The molecule has 1 spiro atoms. The summed E-state index contributed by atoms with van der Waals surface area (Å²) in [6, 6.07) is 27.9. The Balaban J connectivity index is 1.05. The van der Waals surface area contributed by atoms with Gasteiger partial charge in [-0.25, -0.2) is 0 Å². The van der Waals surface area contributed by atoms with Crippen molar-refractivity contribution in [2.45, 2.75) is 43.6 Å². The van der Waals surface area contributed by atoms with Gasteiger partial charge in [0.2, 0.25) is 5.91 Å². The minimum atomic E-state index is 0.0816. The van der Waals surface area contributed by atoms with Gasteiger partial charge in [0.15, 0.2) is 0 Å². The maximum Gasteiger partial charge on any atom is 0.224 e. The number of carbonyl (C=O) groups excluding carboxylic acids is 1.